The summed E-state index contributed by atoms with van der Waals surface area (Å²) in [6.45, 7) is -0.665. The van der Waals surface area contributed by atoms with E-state index in [1.807, 2.05) is 6.07 Å². The summed E-state index contributed by atoms with van der Waals surface area (Å²) in [5.41, 5.74) is 0.785. The molecule has 0 unspecified atom stereocenters. The maximum absolute atomic E-state index is 12.0. The number of aliphatic hydroxyl groups is 3. The lowest BCUT2D eigenvalue weighted by atomic mass is 9.98. The molecule has 0 aliphatic carbocycles. The van der Waals surface area contributed by atoms with Gasteiger partial charge in [0.15, 0.2) is 0 Å². The Morgan fingerprint density at radius 1 is 1.33 bits per heavy atom. The summed E-state index contributed by atoms with van der Waals surface area (Å²) in [4.78, 5) is 23.2. The number of nitrogens with one attached hydrogen (secondary N) is 1. The molecular weight excluding hydrogens is 318 g/mol. The minimum Gasteiger partial charge on any atom is -0.460 e. The highest BCUT2D eigenvalue weighted by Gasteiger charge is 2.39. The average molecular weight is 339 g/mol. The van der Waals surface area contributed by atoms with Crippen LogP contribution < -0.4 is 5.32 Å². The number of esters is 1. The summed E-state index contributed by atoms with van der Waals surface area (Å²) in [6.07, 6.45) is -4.16. The molecular formula is C16H21NO7. The number of aliphatic hydroxyl groups excluding tert-OH is 3. The van der Waals surface area contributed by atoms with Crippen LogP contribution in [-0.4, -0.2) is 58.3 Å². The number of hydrogen-bond acceptors (Lipinski definition) is 7. The Bertz CT molecular complexity index is 551. The Morgan fingerprint density at radius 2 is 2.04 bits per heavy atom. The average Bonchev–Trinajstić information content (AvgIpc) is 3.03. The molecule has 1 aliphatic rings. The van der Waals surface area contributed by atoms with E-state index in [9.17, 15) is 19.8 Å². The van der Waals surface area contributed by atoms with E-state index in [1.54, 1.807) is 24.3 Å². The summed E-state index contributed by atoms with van der Waals surface area (Å²) in [5.74, 6) is -0.449. The van der Waals surface area contributed by atoms with Gasteiger partial charge in [0.2, 0.25) is 0 Å². The number of ether oxygens (including phenoxy) is 2. The lowest BCUT2D eigenvalue weighted by Gasteiger charge is -2.30. The van der Waals surface area contributed by atoms with E-state index in [-0.39, 0.29) is 19.4 Å². The van der Waals surface area contributed by atoms with E-state index in [4.69, 9.17) is 14.6 Å². The maximum Gasteiger partial charge on any atom is 0.407 e. The van der Waals surface area contributed by atoms with Crippen LogP contribution in [0.5, 0.6) is 0 Å². The van der Waals surface area contributed by atoms with Crippen LogP contribution in [0.1, 0.15) is 18.4 Å². The van der Waals surface area contributed by atoms with Gasteiger partial charge in [0.1, 0.15) is 24.9 Å². The Hall–Kier alpha value is -2.16. The summed E-state index contributed by atoms with van der Waals surface area (Å²) in [6, 6.07) is 7.93. The molecule has 1 aliphatic heterocycles. The minimum absolute atomic E-state index is 0.0303. The van der Waals surface area contributed by atoms with Gasteiger partial charge in [-0.1, -0.05) is 30.3 Å². The third kappa shape index (κ3) is 4.92. The zero-order chi connectivity index (χ0) is 17.5. The lowest BCUT2D eigenvalue weighted by molar-refractivity contribution is -0.144. The highest BCUT2D eigenvalue weighted by Crippen LogP contribution is 2.20. The fraction of sp³-hybridized carbons (Fsp3) is 0.500. The SMILES string of the molecule is O=C1CC[C@H]([C@@H](NC(=O)OCc2ccccc2)[C@H](O)[C@H](O)CO)O1. The van der Waals surface area contributed by atoms with Crippen molar-refractivity contribution in [2.24, 2.45) is 0 Å². The van der Waals surface area contributed by atoms with E-state index in [2.05, 4.69) is 5.32 Å². The van der Waals surface area contributed by atoms with Gasteiger partial charge in [-0.25, -0.2) is 4.79 Å². The van der Waals surface area contributed by atoms with Crippen molar-refractivity contribution in [1.29, 1.82) is 0 Å². The van der Waals surface area contributed by atoms with E-state index in [0.717, 1.165) is 5.56 Å². The molecule has 2 rings (SSSR count). The van der Waals surface area contributed by atoms with E-state index in [1.165, 1.54) is 0 Å². The number of benzene rings is 1. The molecule has 0 saturated carbocycles. The van der Waals surface area contributed by atoms with Gasteiger partial charge in [-0.3, -0.25) is 4.79 Å². The molecule has 1 amide bonds. The zero-order valence-electron chi connectivity index (χ0n) is 13.0. The van der Waals surface area contributed by atoms with E-state index >= 15 is 0 Å². The highest BCUT2D eigenvalue weighted by molar-refractivity contribution is 5.72. The number of cyclic esters (lactones) is 1. The zero-order valence-corrected chi connectivity index (χ0v) is 13.0. The van der Waals surface area contributed by atoms with Crippen LogP contribution in [0.2, 0.25) is 0 Å². The topological polar surface area (TPSA) is 125 Å². The molecule has 8 nitrogen and oxygen atoms in total. The van der Waals surface area contributed by atoms with Gasteiger partial charge >= 0.3 is 12.1 Å². The molecule has 1 aromatic rings. The van der Waals surface area contributed by atoms with Gasteiger partial charge in [0.05, 0.1) is 12.6 Å². The van der Waals surface area contributed by atoms with Crippen LogP contribution in [0.3, 0.4) is 0 Å². The first kappa shape index (κ1) is 18.2. The Labute approximate surface area is 139 Å². The number of rotatable bonds is 7. The van der Waals surface area contributed by atoms with Gasteiger partial charge in [-0.05, 0) is 12.0 Å². The molecule has 0 aromatic heterocycles. The van der Waals surface area contributed by atoms with Gasteiger partial charge in [-0.2, -0.15) is 0 Å². The second kappa shape index (κ2) is 8.62. The predicted octanol–water partition coefficient (Wildman–Crippen LogP) is -0.299. The van der Waals surface area contributed by atoms with Crippen molar-refractivity contribution >= 4 is 12.1 Å². The predicted molar refractivity (Wildman–Crippen MR) is 81.8 cm³/mol. The second-order valence-electron chi connectivity index (χ2n) is 5.54. The summed E-state index contributed by atoms with van der Waals surface area (Å²) in [7, 11) is 0. The van der Waals surface area contributed by atoms with Crippen molar-refractivity contribution in [3.63, 3.8) is 0 Å². The molecule has 0 spiro atoms. The summed E-state index contributed by atoms with van der Waals surface area (Å²) in [5, 5.41) is 31.1. The molecule has 132 valence electrons. The monoisotopic (exact) mass is 339 g/mol. The Morgan fingerprint density at radius 3 is 2.62 bits per heavy atom. The van der Waals surface area contributed by atoms with Crippen LogP contribution in [0.15, 0.2) is 30.3 Å². The van der Waals surface area contributed by atoms with Crippen molar-refractivity contribution in [3.8, 4) is 0 Å². The number of carbonyl (C=O) groups excluding carboxylic acids is 2. The van der Waals surface area contributed by atoms with Crippen molar-refractivity contribution in [1.82, 2.24) is 5.32 Å². The molecule has 4 atom stereocenters. The van der Waals surface area contributed by atoms with Crippen LogP contribution in [0.4, 0.5) is 4.79 Å². The molecule has 8 heteroatoms. The molecule has 4 N–H and O–H groups in total. The fourth-order valence-corrected chi connectivity index (χ4v) is 2.45. The standard InChI is InChI=1S/C16H21NO7/c18-8-11(19)15(21)14(12-6-7-13(20)24-12)17-16(22)23-9-10-4-2-1-3-5-10/h1-5,11-12,14-15,18-19,21H,6-9H2,(H,17,22)/t11-,12-,14-,15-/m1/s1. The van der Waals surface area contributed by atoms with E-state index < -0.39 is 43.0 Å². The quantitative estimate of drug-likeness (QED) is 0.503. The first-order valence-electron chi connectivity index (χ1n) is 7.65. The molecule has 1 saturated heterocycles. The molecule has 1 fully saturated rings. The molecule has 0 bridgehead atoms. The van der Waals surface area contributed by atoms with Gasteiger partial charge in [0, 0.05) is 6.42 Å². The highest BCUT2D eigenvalue weighted by atomic mass is 16.6. The smallest absolute Gasteiger partial charge is 0.407 e. The third-order valence-electron chi connectivity index (χ3n) is 3.76. The Balaban J connectivity index is 1.96. The summed E-state index contributed by atoms with van der Waals surface area (Å²) >= 11 is 0. The molecule has 0 radical (unpaired) electrons. The van der Waals surface area contributed by atoms with Gasteiger partial charge < -0.3 is 30.1 Å². The van der Waals surface area contributed by atoms with Gasteiger partial charge in [0.25, 0.3) is 0 Å². The first-order chi connectivity index (χ1) is 11.5. The van der Waals surface area contributed by atoms with E-state index in [0.29, 0.717) is 0 Å². The van der Waals surface area contributed by atoms with Gasteiger partial charge in [-0.15, -0.1) is 0 Å². The molecule has 1 aromatic carbocycles. The largest absolute Gasteiger partial charge is 0.460 e. The number of alkyl carbamates (subject to hydrolysis) is 1. The van der Waals surface area contributed by atoms with Crippen molar-refractivity contribution in [2.45, 2.75) is 43.8 Å². The molecule has 24 heavy (non-hydrogen) atoms. The second-order valence-corrected chi connectivity index (χ2v) is 5.54. The van der Waals surface area contributed by atoms with Crippen molar-refractivity contribution in [2.75, 3.05) is 6.61 Å². The van der Waals surface area contributed by atoms with Crippen LogP contribution in [0, 0.1) is 0 Å². The van der Waals surface area contributed by atoms with Crippen LogP contribution >= 0.6 is 0 Å². The van der Waals surface area contributed by atoms with Crippen molar-refractivity contribution < 1.29 is 34.4 Å². The Kier molecular flexibility index (Phi) is 6.53. The van der Waals surface area contributed by atoms with Crippen LogP contribution in [0.25, 0.3) is 0 Å². The number of hydrogen-bond donors (Lipinski definition) is 4. The number of carbonyl (C=O) groups is 2. The minimum atomic E-state index is -1.50. The maximum atomic E-state index is 12.0. The summed E-state index contributed by atoms with van der Waals surface area (Å²) < 4.78 is 10.1. The van der Waals surface area contributed by atoms with Crippen molar-refractivity contribution in [3.05, 3.63) is 35.9 Å². The van der Waals surface area contributed by atoms with Crippen LogP contribution in [-0.2, 0) is 20.9 Å². The lowest BCUT2D eigenvalue weighted by Crippen LogP contribution is -2.55. The third-order valence-corrected chi connectivity index (χ3v) is 3.76. The normalized spacial score (nSPS) is 20.8. The number of amides is 1. The molecule has 1 heterocycles. The first-order valence-corrected chi connectivity index (χ1v) is 7.65. The fourth-order valence-electron chi connectivity index (χ4n) is 2.45.